The van der Waals surface area contributed by atoms with Crippen molar-refractivity contribution in [2.75, 3.05) is 0 Å². The summed E-state index contributed by atoms with van der Waals surface area (Å²) in [5.41, 5.74) is 2.03. The summed E-state index contributed by atoms with van der Waals surface area (Å²) in [5.74, 6) is -1.62. The van der Waals surface area contributed by atoms with Crippen LogP contribution >= 0.6 is 0 Å². The van der Waals surface area contributed by atoms with Crippen molar-refractivity contribution in [3.63, 3.8) is 0 Å². The van der Waals surface area contributed by atoms with Gasteiger partial charge in [0.1, 0.15) is 6.26 Å². The number of carboxylic acids is 1. The maximum absolute atomic E-state index is 11.6. The Morgan fingerprint density at radius 2 is 1.89 bits per heavy atom. The summed E-state index contributed by atoms with van der Waals surface area (Å²) in [7, 11) is 0. The second-order valence-electron chi connectivity index (χ2n) is 4.11. The minimum absolute atomic E-state index is 0.311. The van der Waals surface area contributed by atoms with Crippen LogP contribution in [0.25, 0.3) is 12.2 Å². The number of carboxylic acid groups (broad SMARTS) is 1. The molecule has 4 nitrogen and oxygen atoms in total. The van der Waals surface area contributed by atoms with Crippen molar-refractivity contribution >= 4 is 18.1 Å². The Balaban J connectivity index is 2.26. The van der Waals surface area contributed by atoms with E-state index in [0.717, 1.165) is 23.5 Å². The average molecular weight is 256 g/mol. The highest BCUT2D eigenvalue weighted by Crippen LogP contribution is 2.08. The Morgan fingerprint density at radius 1 is 1.21 bits per heavy atom. The number of carbonyl (C=O) groups is 1. The molecule has 2 aromatic rings. The quantitative estimate of drug-likeness (QED) is 0.916. The monoisotopic (exact) mass is 256 g/mol. The lowest BCUT2D eigenvalue weighted by Gasteiger charge is -1.96. The van der Waals surface area contributed by atoms with Gasteiger partial charge in [-0.3, -0.25) is 4.79 Å². The molecule has 96 valence electrons. The number of rotatable bonds is 3. The smallest absolute Gasteiger partial charge is 0.371 e. The molecule has 0 saturated heterocycles. The molecule has 2 rings (SSSR count). The molecule has 0 radical (unpaired) electrons. The van der Waals surface area contributed by atoms with E-state index in [1.165, 1.54) is 0 Å². The highest BCUT2D eigenvalue weighted by Gasteiger charge is 2.07. The molecule has 1 aromatic heterocycles. The van der Waals surface area contributed by atoms with E-state index in [-0.39, 0.29) is 11.2 Å². The fraction of sp³-hybridized carbons (Fsp3) is 0.0667. The Kier molecular flexibility index (Phi) is 3.61. The number of aryl methyl sites for hydroxylation is 1. The van der Waals surface area contributed by atoms with Crippen LogP contribution in [0.1, 0.15) is 27.2 Å². The van der Waals surface area contributed by atoms with Crippen LogP contribution in [0.2, 0.25) is 0 Å². The molecule has 0 unspecified atom stereocenters. The molecule has 0 aliphatic carbocycles. The van der Waals surface area contributed by atoms with Crippen LogP contribution in [0.4, 0.5) is 0 Å². The molecule has 0 fully saturated rings. The summed E-state index contributed by atoms with van der Waals surface area (Å²) in [6.45, 7) is 1.99. The third-order valence-corrected chi connectivity index (χ3v) is 2.60. The predicted molar refractivity (Wildman–Crippen MR) is 72.0 cm³/mol. The third-order valence-electron chi connectivity index (χ3n) is 2.60. The van der Waals surface area contributed by atoms with E-state index in [0.29, 0.717) is 5.56 Å². The largest absolute Gasteiger partial charge is 0.475 e. The predicted octanol–water partition coefficient (Wildman–Crippen LogP) is 2.82. The second-order valence-corrected chi connectivity index (χ2v) is 4.11. The molecule has 0 bridgehead atoms. The van der Waals surface area contributed by atoms with Gasteiger partial charge in [0, 0.05) is 6.07 Å². The summed E-state index contributed by atoms with van der Waals surface area (Å²) in [6.07, 6.45) is 4.52. The summed E-state index contributed by atoms with van der Waals surface area (Å²) in [4.78, 5) is 22.3. The maximum Gasteiger partial charge on any atom is 0.371 e. The van der Waals surface area contributed by atoms with Gasteiger partial charge in [0.2, 0.25) is 5.76 Å². The minimum atomic E-state index is -1.26. The average Bonchev–Trinajstić information content (AvgIpc) is 2.39. The van der Waals surface area contributed by atoms with E-state index in [1.807, 2.05) is 31.2 Å². The van der Waals surface area contributed by atoms with Gasteiger partial charge in [-0.1, -0.05) is 35.9 Å². The lowest BCUT2D eigenvalue weighted by Crippen LogP contribution is -2.07. The molecule has 1 N–H and O–H groups in total. The molecule has 19 heavy (non-hydrogen) atoms. The van der Waals surface area contributed by atoms with Gasteiger partial charge in [-0.25, -0.2) is 4.79 Å². The molecule has 1 heterocycles. The van der Waals surface area contributed by atoms with Crippen LogP contribution in [0, 0.1) is 6.92 Å². The normalized spacial score (nSPS) is 10.8. The van der Waals surface area contributed by atoms with E-state index < -0.39 is 5.97 Å². The van der Waals surface area contributed by atoms with Crippen LogP contribution in [0.3, 0.4) is 0 Å². The molecule has 0 saturated carbocycles. The fourth-order valence-corrected chi connectivity index (χ4v) is 1.52. The Bertz CT molecular complexity index is 678. The van der Waals surface area contributed by atoms with Gasteiger partial charge >= 0.3 is 5.97 Å². The zero-order valence-corrected chi connectivity index (χ0v) is 10.3. The molecule has 4 heteroatoms. The Hall–Kier alpha value is -2.62. The first kappa shape index (κ1) is 12.8. The first-order chi connectivity index (χ1) is 9.06. The third kappa shape index (κ3) is 3.19. The van der Waals surface area contributed by atoms with Crippen LogP contribution < -0.4 is 5.43 Å². The van der Waals surface area contributed by atoms with Gasteiger partial charge in [0.15, 0.2) is 5.43 Å². The molecule has 0 spiro atoms. The lowest BCUT2D eigenvalue weighted by atomic mass is 10.1. The van der Waals surface area contributed by atoms with Gasteiger partial charge < -0.3 is 9.52 Å². The van der Waals surface area contributed by atoms with Crippen molar-refractivity contribution in [3.05, 3.63) is 69.3 Å². The van der Waals surface area contributed by atoms with Crippen molar-refractivity contribution in [3.8, 4) is 0 Å². The standard InChI is InChI=1S/C15H12O4/c1-10-2-4-11(5-3-10)6-7-12-9-19-14(15(17)18)8-13(12)16/h2-9H,1H3,(H,17,18)/b7-6+. The number of benzene rings is 1. The fourth-order valence-electron chi connectivity index (χ4n) is 1.52. The number of hydrogen-bond donors (Lipinski definition) is 1. The van der Waals surface area contributed by atoms with Crippen LogP contribution in [-0.4, -0.2) is 11.1 Å². The molecule has 1 aromatic carbocycles. The van der Waals surface area contributed by atoms with Gasteiger partial charge in [0.25, 0.3) is 0 Å². The topological polar surface area (TPSA) is 67.5 Å². The Morgan fingerprint density at radius 3 is 2.47 bits per heavy atom. The molecule has 0 aliphatic heterocycles. The summed E-state index contributed by atoms with van der Waals surface area (Å²) < 4.78 is 4.86. The highest BCUT2D eigenvalue weighted by atomic mass is 16.4. The number of hydrogen-bond acceptors (Lipinski definition) is 3. The minimum Gasteiger partial charge on any atom is -0.475 e. The van der Waals surface area contributed by atoms with Crippen LogP contribution in [0.5, 0.6) is 0 Å². The van der Waals surface area contributed by atoms with Crippen LogP contribution in [-0.2, 0) is 0 Å². The molecular weight excluding hydrogens is 244 g/mol. The van der Waals surface area contributed by atoms with E-state index in [1.54, 1.807) is 12.2 Å². The lowest BCUT2D eigenvalue weighted by molar-refractivity contribution is 0.0659. The van der Waals surface area contributed by atoms with Crippen molar-refractivity contribution in [1.29, 1.82) is 0 Å². The van der Waals surface area contributed by atoms with Gasteiger partial charge in [0.05, 0.1) is 5.56 Å². The summed E-state index contributed by atoms with van der Waals surface area (Å²) >= 11 is 0. The van der Waals surface area contributed by atoms with E-state index in [9.17, 15) is 9.59 Å². The van der Waals surface area contributed by atoms with Gasteiger partial charge in [-0.15, -0.1) is 0 Å². The van der Waals surface area contributed by atoms with E-state index in [4.69, 9.17) is 9.52 Å². The molecule has 0 aliphatic rings. The highest BCUT2D eigenvalue weighted by molar-refractivity contribution is 5.84. The van der Waals surface area contributed by atoms with Crippen molar-refractivity contribution < 1.29 is 14.3 Å². The van der Waals surface area contributed by atoms with Gasteiger partial charge in [-0.05, 0) is 18.6 Å². The summed E-state index contributed by atoms with van der Waals surface area (Å²) in [5, 5.41) is 8.68. The maximum atomic E-state index is 11.6. The number of aromatic carboxylic acids is 1. The zero-order valence-electron chi connectivity index (χ0n) is 10.3. The Labute approximate surface area is 109 Å². The molecular formula is C15H12O4. The molecule has 0 amide bonds. The van der Waals surface area contributed by atoms with Crippen LogP contribution in [0.15, 0.2) is 45.8 Å². The van der Waals surface area contributed by atoms with Gasteiger partial charge in [-0.2, -0.15) is 0 Å². The first-order valence-electron chi connectivity index (χ1n) is 5.67. The first-order valence-corrected chi connectivity index (χ1v) is 5.67. The van der Waals surface area contributed by atoms with E-state index in [2.05, 4.69) is 0 Å². The van der Waals surface area contributed by atoms with Crippen molar-refractivity contribution in [2.45, 2.75) is 6.92 Å². The van der Waals surface area contributed by atoms with Crippen molar-refractivity contribution in [1.82, 2.24) is 0 Å². The van der Waals surface area contributed by atoms with Crippen molar-refractivity contribution in [2.24, 2.45) is 0 Å². The molecule has 0 atom stereocenters. The second kappa shape index (κ2) is 5.35. The SMILES string of the molecule is Cc1ccc(/C=C/c2coc(C(=O)O)cc2=O)cc1. The summed E-state index contributed by atoms with van der Waals surface area (Å²) in [6, 6.07) is 8.76. The zero-order chi connectivity index (χ0) is 13.8. The van der Waals surface area contributed by atoms with E-state index >= 15 is 0 Å².